The lowest BCUT2D eigenvalue weighted by atomic mass is 10.2. The molecule has 128 valence electrons. The van der Waals surface area contributed by atoms with Crippen LogP contribution in [0.25, 0.3) is 0 Å². The molecule has 0 aromatic carbocycles. The molecule has 1 aromatic rings. The third kappa shape index (κ3) is 6.43. The average Bonchev–Trinajstić information content (AvgIpc) is 2.92. The molecule has 0 spiro atoms. The molecule has 1 fully saturated rings. The fourth-order valence-electron chi connectivity index (χ4n) is 2.59. The first-order valence-electron chi connectivity index (χ1n) is 7.62. The third-order valence-electron chi connectivity index (χ3n) is 3.64. The van der Waals surface area contributed by atoms with E-state index < -0.39 is 12.7 Å². The van der Waals surface area contributed by atoms with Crippen LogP contribution < -0.4 is 10.6 Å². The number of nitrogens with zero attached hydrogens (tertiary/aromatic N) is 3. The Morgan fingerprint density at radius 1 is 1.43 bits per heavy atom. The highest BCUT2D eigenvalue weighted by Gasteiger charge is 2.34. The summed E-state index contributed by atoms with van der Waals surface area (Å²) in [6.45, 7) is 0.634. The number of aliphatic imine (C=N–C) groups is 1. The highest BCUT2D eigenvalue weighted by Crippen LogP contribution is 2.19. The first-order chi connectivity index (χ1) is 11.0. The Balaban J connectivity index is 1.71. The first-order valence-corrected chi connectivity index (χ1v) is 7.62. The number of guanidine groups is 1. The van der Waals surface area contributed by atoms with Crippen molar-refractivity contribution in [3.8, 4) is 0 Å². The summed E-state index contributed by atoms with van der Waals surface area (Å²) in [5.41, 5.74) is 0.979. The number of nitrogens with one attached hydrogen (secondary N) is 2. The number of alkyl halides is 3. The molecule has 0 amide bonds. The van der Waals surface area contributed by atoms with Crippen LogP contribution in [-0.4, -0.2) is 61.3 Å². The zero-order valence-corrected chi connectivity index (χ0v) is 13.1. The standard InChI is InChI=1S/C15H22F3N5/c1-19-14(21-8-5-12-4-2-3-7-20-12)22-13-6-9-23(10-13)11-15(16,17)18/h2-4,7,13H,5-6,8-11H2,1H3,(H2,19,21,22). The minimum atomic E-state index is -4.14. The smallest absolute Gasteiger partial charge is 0.356 e. The van der Waals surface area contributed by atoms with Gasteiger partial charge in [-0.2, -0.15) is 13.2 Å². The second-order valence-corrected chi connectivity index (χ2v) is 5.55. The molecule has 2 heterocycles. The summed E-state index contributed by atoms with van der Waals surface area (Å²) in [6.07, 6.45) is -0.961. The van der Waals surface area contributed by atoms with Crippen LogP contribution in [0.2, 0.25) is 0 Å². The monoisotopic (exact) mass is 329 g/mol. The molecule has 0 radical (unpaired) electrons. The quantitative estimate of drug-likeness (QED) is 0.634. The van der Waals surface area contributed by atoms with Crippen molar-refractivity contribution < 1.29 is 13.2 Å². The van der Waals surface area contributed by atoms with E-state index in [2.05, 4.69) is 20.6 Å². The molecular weight excluding hydrogens is 307 g/mol. The average molecular weight is 329 g/mol. The predicted molar refractivity (Wildman–Crippen MR) is 83.3 cm³/mol. The van der Waals surface area contributed by atoms with E-state index >= 15 is 0 Å². The molecule has 0 bridgehead atoms. The molecular formula is C15H22F3N5. The van der Waals surface area contributed by atoms with Crippen LogP contribution in [0.15, 0.2) is 29.4 Å². The Morgan fingerprint density at radius 3 is 2.91 bits per heavy atom. The summed E-state index contributed by atoms with van der Waals surface area (Å²) in [7, 11) is 1.65. The molecule has 23 heavy (non-hydrogen) atoms. The molecule has 0 aliphatic carbocycles. The first kappa shape index (κ1) is 17.5. The number of rotatable bonds is 5. The van der Waals surface area contributed by atoms with Crippen LogP contribution in [0.1, 0.15) is 12.1 Å². The highest BCUT2D eigenvalue weighted by atomic mass is 19.4. The molecule has 2 N–H and O–H groups in total. The minimum absolute atomic E-state index is 0.0154. The van der Waals surface area contributed by atoms with E-state index in [1.165, 1.54) is 4.90 Å². The van der Waals surface area contributed by atoms with Crippen molar-refractivity contribution in [2.24, 2.45) is 4.99 Å². The van der Waals surface area contributed by atoms with Crippen LogP contribution in [-0.2, 0) is 6.42 Å². The van der Waals surface area contributed by atoms with E-state index in [1.807, 2.05) is 18.2 Å². The van der Waals surface area contributed by atoms with Gasteiger partial charge in [0.2, 0.25) is 0 Å². The van der Waals surface area contributed by atoms with Gasteiger partial charge in [-0.25, -0.2) is 0 Å². The maximum absolute atomic E-state index is 12.4. The van der Waals surface area contributed by atoms with Gasteiger partial charge < -0.3 is 10.6 Å². The van der Waals surface area contributed by atoms with Crippen molar-refractivity contribution in [2.45, 2.75) is 25.1 Å². The Hall–Kier alpha value is -1.83. The lowest BCUT2D eigenvalue weighted by Gasteiger charge is -2.19. The van der Waals surface area contributed by atoms with Crippen molar-refractivity contribution in [3.05, 3.63) is 30.1 Å². The van der Waals surface area contributed by atoms with Gasteiger partial charge in [-0.3, -0.25) is 14.9 Å². The third-order valence-corrected chi connectivity index (χ3v) is 3.64. The number of likely N-dealkylation sites (tertiary alicyclic amines) is 1. The van der Waals surface area contributed by atoms with E-state index in [1.54, 1.807) is 13.2 Å². The van der Waals surface area contributed by atoms with Crippen LogP contribution in [0.4, 0.5) is 13.2 Å². The summed E-state index contributed by atoms with van der Waals surface area (Å²) in [6, 6.07) is 5.73. The molecule has 1 aliphatic heterocycles. The molecule has 5 nitrogen and oxygen atoms in total. The summed E-state index contributed by atoms with van der Waals surface area (Å²) in [5.74, 6) is 0.611. The van der Waals surface area contributed by atoms with Gasteiger partial charge in [-0.1, -0.05) is 6.07 Å². The van der Waals surface area contributed by atoms with Gasteiger partial charge >= 0.3 is 6.18 Å². The Kier molecular flexibility index (Phi) is 6.20. The van der Waals surface area contributed by atoms with Crippen molar-refractivity contribution in [2.75, 3.05) is 33.2 Å². The molecule has 8 heteroatoms. The number of hydrogen-bond donors (Lipinski definition) is 2. The molecule has 2 rings (SSSR count). The molecule has 1 aromatic heterocycles. The van der Waals surface area contributed by atoms with Crippen molar-refractivity contribution in [3.63, 3.8) is 0 Å². The highest BCUT2D eigenvalue weighted by molar-refractivity contribution is 5.80. The molecule has 1 aliphatic rings. The number of aromatic nitrogens is 1. The lowest BCUT2D eigenvalue weighted by molar-refractivity contribution is -0.143. The number of halogens is 3. The molecule has 0 saturated carbocycles. The lowest BCUT2D eigenvalue weighted by Crippen LogP contribution is -2.45. The largest absolute Gasteiger partial charge is 0.401 e. The molecule has 1 saturated heterocycles. The van der Waals surface area contributed by atoms with Gasteiger partial charge in [-0.05, 0) is 18.6 Å². The van der Waals surface area contributed by atoms with Crippen molar-refractivity contribution in [1.29, 1.82) is 0 Å². The maximum Gasteiger partial charge on any atom is 0.401 e. The SMILES string of the molecule is CN=C(NCCc1ccccn1)NC1CCN(CC(F)(F)F)C1. The molecule has 1 unspecified atom stereocenters. The van der Waals surface area contributed by atoms with E-state index in [4.69, 9.17) is 0 Å². The van der Waals surface area contributed by atoms with Crippen molar-refractivity contribution >= 4 is 5.96 Å². The maximum atomic E-state index is 12.4. The second kappa shape index (κ2) is 8.14. The summed E-state index contributed by atoms with van der Waals surface area (Å²) >= 11 is 0. The summed E-state index contributed by atoms with van der Waals surface area (Å²) < 4.78 is 37.2. The van der Waals surface area contributed by atoms with Gasteiger partial charge in [0, 0.05) is 51.0 Å². The zero-order valence-electron chi connectivity index (χ0n) is 13.1. The van der Waals surface area contributed by atoms with Crippen molar-refractivity contribution in [1.82, 2.24) is 20.5 Å². The Labute approximate surface area is 134 Å². The molecule has 1 atom stereocenters. The Morgan fingerprint density at radius 2 is 2.26 bits per heavy atom. The van der Waals surface area contributed by atoms with Crippen LogP contribution in [0.3, 0.4) is 0 Å². The normalized spacial score (nSPS) is 19.8. The summed E-state index contributed by atoms with van der Waals surface area (Å²) in [4.78, 5) is 9.77. The van der Waals surface area contributed by atoms with Crippen LogP contribution in [0, 0.1) is 0 Å². The minimum Gasteiger partial charge on any atom is -0.356 e. The van der Waals surface area contributed by atoms with Gasteiger partial charge in [0.1, 0.15) is 0 Å². The fraction of sp³-hybridized carbons (Fsp3) is 0.600. The predicted octanol–water partition coefficient (Wildman–Crippen LogP) is 1.43. The topological polar surface area (TPSA) is 52.6 Å². The van der Waals surface area contributed by atoms with E-state index in [-0.39, 0.29) is 6.04 Å². The summed E-state index contributed by atoms with van der Waals surface area (Å²) in [5, 5.41) is 6.34. The van der Waals surface area contributed by atoms with Gasteiger partial charge in [0.15, 0.2) is 5.96 Å². The van der Waals surface area contributed by atoms with Crippen LogP contribution >= 0.6 is 0 Å². The van der Waals surface area contributed by atoms with Gasteiger partial charge in [-0.15, -0.1) is 0 Å². The Bertz CT molecular complexity index is 504. The number of hydrogen-bond acceptors (Lipinski definition) is 3. The van der Waals surface area contributed by atoms with E-state index in [9.17, 15) is 13.2 Å². The fourth-order valence-corrected chi connectivity index (χ4v) is 2.59. The van der Waals surface area contributed by atoms with Gasteiger partial charge in [0.05, 0.1) is 6.54 Å². The van der Waals surface area contributed by atoms with E-state index in [0.29, 0.717) is 32.0 Å². The second-order valence-electron chi connectivity index (χ2n) is 5.55. The van der Waals surface area contributed by atoms with Gasteiger partial charge in [0.25, 0.3) is 0 Å². The number of pyridine rings is 1. The zero-order chi connectivity index (χ0) is 16.7. The van der Waals surface area contributed by atoms with E-state index in [0.717, 1.165) is 12.1 Å². The van der Waals surface area contributed by atoms with Crippen LogP contribution in [0.5, 0.6) is 0 Å².